The van der Waals surface area contributed by atoms with Gasteiger partial charge >= 0.3 is 6.18 Å². The van der Waals surface area contributed by atoms with Crippen molar-refractivity contribution in [3.8, 4) is 5.75 Å². The highest BCUT2D eigenvalue weighted by Crippen LogP contribution is 2.20. The van der Waals surface area contributed by atoms with Gasteiger partial charge in [-0.25, -0.2) is 4.39 Å². The van der Waals surface area contributed by atoms with Crippen molar-refractivity contribution in [1.82, 2.24) is 15.5 Å². The van der Waals surface area contributed by atoms with Crippen LogP contribution in [0.3, 0.4) is 0 Å². The third-order valence-electron chi connectivity index (χ3n) is 4.48. The van der Waals surface area contributed by atoms with E-state index in [4.69, 9.17) is 4.74 Å². The van der Waals surface area contributed by atoms with Gasteiger partial charge in [-0.3, -0.25) is 9.89 Å². The van der Waals surface area contributed by atoms with Gasteiger partial charge in [0.2, 0.25) is 0 Å². The Morgan fingerprint density at radius 3 is 2.50 bits per heavy atom. The molecule has 0 bridgehead atoms. The first-order chi connectivity index (χ1) is 12.8. The van der Waals surface area contributed by atoms with Crippen LogP contribution >= 0.6 is 24.0 Å². The molecule has 0 atom stereocenters. The highest BCUT2D eigenvalue weighted by molar-refractivity contribution is 14.0. The van der Waals surface area contributed by atoms with Gasteiger partial charge in [0.15, 0.2) is 17.5 Å². The third kappa shape index (κ3) is 8.38. The van der Waals surface area contributed by atoms with Crippen molar-refractivity contribution in [1.29, 1.82) is 0 Å². The van der Waals surface area contributed by atoms with Gasteiger partial charge in [0, 0.05) is 39.3 Å². The molecule has 10 heteroatoms. The van der Waals surface area contributed by atoms with Crippen LogP contribution < -0.4 is 15.4 Å². The second-order valence-corrected chi connectivity index (χ2v) is 6.53. The molecule has 0 unspecified atom stereocenters. The lowest BCUT2D eigenvalue weighted by Crippen LogP contribution is -2.48. The summed E-state index contributed by atoms with van der Waals surface area (Å²) >= 11 is 0. The van der Waals surface area contributed by atoms with Gasteiger partial charge in [0.05, 0.1) is 13.5 Å². The molecule has 2 rings (SSSR count). The first-order valence-corrected chi connectivity index (χ1v) is 8.89. The smallest absolute Gasteiger partial charge is 0.390 e. The van der Waals surface area contributed by atoms with Crippen LogP contribution in [0, 0.1) is 5.82 Å². The average molecular weight is 518 g/mol. The lowest BCUT2D eigenvalue weighted by Gasteiger charge is -2.33. The zero-order valence-electron chi connectivity index (χ0n) is 16.0. The van der Waals surface area contributed by atoms with Crippen molar-refractivity contribution >= 4 is 29.9 Å². The van der Waals surface area contributed by atoms with Crippen molar-refractivity contribution in [2.24, 2.45) is 4.99 Å². The van der Waals surface area contributed by atoms with E-state index in [1.165, 1.54) is 20.2 Å². The maximum absolute atomic E-state index is 13.8. The highest BCUT2D eigenvalue weighted by atomic mass is 127. The second-order valence-electron chi connectivity index (χ2n) is 6.53. The Labute approximate surface area is 179 Å². The molecular formula is C18H27F4IN4O. The molecule has 28 heavy (non-hydrogen) atoms. The molecule has 1 aliphatic heterocycles. The summed E-state index contributed by atoms with van der Waals surface area (Å²) in [6.07, 6.45) is -3.42. The minimum absolute atomic E-state index is 0. The molecule has 1 aromatic rings. The third-order valence-corrected chi connectivity index (χ3v) is 4.48. The van der Waals surface area contributed by atoms with Crippen LogP contribution in [0.25, 0.3) is 0 Å². The number of halogens is 5. The maximum Gasteiger partial charge on any atom is 0.390 e. The highest BCUT2D eigenvalue weighted by Gasteiger charge is 2.26. The summed E-state index contributed by atoms with van der Waals surface area (Å²) in [6.45, 7) is 2.06. The molecule has 0 aromatic heterocycles. The van der Waals surface area contributed by atoms with Crippen LogP contribution in [-0.2, 0) is 6.54 Å². The number of nitrogens with one attached hydrogen (secondary N) is 2. The van der Waals surface area contributed by atoms with Crippen LogP contribution in [-0.4, -0.2) is 56.9 Å². The summed E-state index contributed by atoms with van der Waals surface area (Å²) < 4.78 is 55.4. The number of hydrogen-bond donors (Lipinski definition) is 2. The Morgan fingerprint density at radius 1 is 1.29 bits per heavy atom. The van der Waals surface area contributed by atoms with Crippen LogP contribution in [0.5, 0.6) is 5.75 Å². The van der Waals surface area contributed by atoms with E-state index in [9.17, 15) is 17.6 Å². The van der Waals surface area contributed by atoms with E-state index in [0.717, 1.165) is 31.5 Å². The molecule has 1 aromatic carbocycles. The largest absolute Gasteiger partial charge is 0.494 e. The summed E-state index contributed by atoms with van der Waals surface area (Å²) in [5, 5.41) is 5.86. The van der Waals surface area contributed by atoms with Gasteiger partial charge in [-0.05, 0) is 30.5 Å². The average Bonchev–Trinajstić information content (AvgIpc) is 2.61. The molecule has 0 spiro atoms. The van der Waals surface area contributed by atoms with Crippen molar-refractivity contribution in [3.63, 3.8) is 0 Å². The minimum Gasteiger partial charge on any atom is -0.494 e. The standard InChI is InChI=1S/C18H26F4N4O.HI/c1-23-17(24-8-7-18(20,21)22)25-14-5-9-26(10-6-14)12-13-3-4-16(27-2)15(19)11-13;/h3-4,11,14H,5-10,12H2,1-2H3,(H2,23,24,25);1H. The molecule has 1 heterocycles. The number of benzene rings is 1. The number of nitrogens with zero attached hydrogens (tertiary/aromatic N) is 2. The zero-order valence-corrected chi connectivity index (χ0v) is 18.3. The molecule has 1 saturated heterocycles. The monoisotopic (exact) mass is 518 g/mol. The van der Waals surface area contributed by atoms with E-state index < -0.39 is 12.6 Å². The Morgan fingerprint density at radius 2 is 1.96 bits per heavy atom. The summed E-state index contributed by atoms with van der Waals surface area (Å²) in [5.74, 6) is 0.237. The topological polar surface area (TPSA) is 48.9 Å². The molecule has 5 nitrogen and oxygen atoms in total. The SMILES string of the molecule is CN=C(NCCC(F)(F)F)NC1CCN(Cc2ccc(OC)c(F)c2)CC1.I. The summed E-state index contributed by atoms with van der Waals surface area (Å²) in [6, 6.07) is 5.09. The predicted molar refractivity (Wildman–Crippen MR) is 112 cm³/mol. The fourth-order valence-electron chi connectivity index (χ4n) is 3.01. The second kappa shape index (κ2) is 11.6. The molecule has 0 radical (unpaired) electrons. The Bertz CT molecular complexity index is 635. The van der Waals surface area contributed by atoms with Crippen molar-refractivity contribution in [2.75, 3.05) is 33.8 Å². The van der Waals surface area contributed by atoms with E-state index in [2.05, 4.69) is 20.5 Å². The Kier molecular flexibility index (Phi) is 10.3. The van der Waals surface area contributed by atoms with E-state index in [0.29, 0.717) is 12.5 Å². The lowest BCUT2D eigenvalue weighted by atomic mass is 10.0. The number of rotatable bonds is 6. The van der Waals surface area contributed by atoms with E-state index in [-0.39, 0.29) is 48.1 Å². The molecular weight excluding hydrogens is 491 g/mol. The van der Waals surface area contributed by atoms with E-state index >= 15 is 0 Å². The lowest BCUT2D eigenvalue weighted by molar-refractivity contribution is -0.132. The van der Waals surface area contributed by atoms with Crippen molar-refractivity contribution < 1.29 is 22.3 Å². The van der Waals surface area contributed by atoms with Crippen LogP contribution in [0.2, 0.25) is 0 Å². The van der Waals surface area contributed by atoms with Crippen LogP contribution in [0.15, 0.2) is 23.2 Å². The predicted octanol–water partition coefficient (Wildman–Crippen LogP) is 3.53. The van der Waals surface area contributed by atoms with Gasteiger partial charge in [-0.1, -0.05) is 6.07 Å². The van der Waals surface area contributed by atoms with Gasteiger partial charge < -0.3 is 15.4 Å². The number of piperidine rings is 1. The molecule has 0 saturated carbocycles. The number of alkyl halides is 3. The zero-order chi connectivity index (χ0) is 19.9. The first-order valence-electron chi connectivity index (χ1n) is 8.89. The number of likely N-dealkylation sites (tertiary alicyclic amines) is 1. The Balaban J connectivity index is 0.00000392. The quantitative estimate of drug-likeness (QED) is 0.262. The van der Waals surface area contributed by atoms with Crippen LogP contribution in [0.1, 0.15) is 24.8 Å². The van der Waals surface area contributed by atoms with Gasteiger partial charge in [0.25, 0.3) is 0 Å². The summed E-state index contributed by atoms with van der Waals surface area (Å²) in [4.78, 5) is 6.20. The minimum atomic E-state index is -4.18. The normalized spacial score (nSPS) is 16.4. The number of guanidine groups is 1. The first kappa shape index (κ1) is 24.7. The fourth-order valence-corrected chi connectivity index (χ4v) is 3.01. The number of hydrogen-bond acceptors (Lipinski definition) is 3. The summed E-state index contributed by atoms with van der Waals surface area (Å²) in [7, 11) is 2.97. The van der Waals surface area contributed by atoms with Crippen molar-refractivity contribution in [3.05, 3.63) is 29.6 Å². The van der Waals surface area contributed by atoms with Crippen molar-refractivity contribution in [2.45, 2.75) is 38.0 Å². The van der Waals surface area contributed by atoms with Crippen LogP contribution in [0.4, 0.5) is 17.6 Å². The van der Waals surface area contributed by atoms with Gasteiger partial charge in [-0.2, -0.15) is 13.2 Å². The van der Waals surface area contributed by atoms with E-state index in [1.807, 2.05) is 6.07 Å². The molecule has 160 valence electrons. The molecule has 1 fully saturated rings. The van der Waals surface area contributed by atoms with Gasteiger partial charge in [0.1, 0.15) is 0 Å². The number of ether oxygens (including phenoxy) is 1. The molecule has 0 amide bonds. The van der Waals surface area contributed by atoms with Gasteiger partial charge in [-0.15, -0.1) is 24.0 Å². The maximum atomic E-state index is 13.8. The molecule has 0 aliphatic carbocycles. The summed E-state index contributed by atoms with van der Waals surface area (Å²) in [5.41, 5.74) is 0.879. The van der Waals surface area contributed by atoms with E-state index in [1.54, 1.807) is 6.07 Å². The molecule has 2 N–H and O–H groups in total. The molecule has 1 aliphatic rings. The number of aliphatic imine (C=N–C) groups is 1. The Hall–Kier alpha value is -1.30. The fraction of sp³-hybridized carbons (Fsp3) is 0.611. The number of methoxy groups -OCH3 is 1.